The molecule has 0 spiro atoms. The van der Waals surface area contributed by atoms with E-state index in [0.29, 0.717) is 37.2 Å². The van der Waals surface area contributed by atoms with Crippen molar-refractivity contribution in [1.82, 2.24) is 20.2 Å². The van der Waals surface area contributed by atoms with Crippen LogP contribution < -0.4 is 9.80 Å². The topological polar surface area (TPSA) is 87.4 Å². The maximum Gasteiger partial charge on any atom is 0.416 e. The molecule has 1 aliphatic carbocycles. The van der Waals surface area contributed by atoms with Crippen molar-refractivity contribution in [1.29, 1.82) is 0 Å². The first-order chi connectivity index (χ1) is 22.1. The second-order valence-electron chi connectivity index (χ2n) is 12.7. The summed E-state index contributed by atoms with van der Waals surface area (Å²) in [7, 11) is 1.55. The second-order valence-corrected chi connectivity index (χ2v) is 13.1. The summed E-state index contributed by atoms with van der Waals surface area (Å²) in [6.45, 7) is 0.575. The molecule has 0 radical (unpaired) electrons. The Kier molecular flexibility index (Phi) is 10.3. The molecule has 0 bridgehead atoms. The largest absolute Gasteiger partial charge is 0.481 e. The molecule has 0 unspecified atom stereocenters. The van der Waals surface area contributed by atoms with Gasteiger partial charge >= 0.3 is 18.1 Å². The molecule has 2 aromatic carbocycles. The maximum atomic E-state index is 14.9. The minimum atomic E-state index is -4.63. The molecule has 15 heteroatoms. The van der Waals surface area contributed by atoms with Gasteiger partial charge in [0.1, 0.15) is 0 Å². The fourth-order valence-corrected chi connectivity index (χ4v) is 7.24. The van der Waals surface area contributed by atoms with Crippen molar-refractivity contribution >= 4 is 29.2 Å². The first kappa shape index (κ1) is 34.8. The summed E-state index contributed by atoms with van der Waals surface area (Å²) in [5, 5.41) is 21.6. The van der Waals surface area contributed by atoms with E-state index in [1.165, 1.54) is 23.9 Å². The lowest BCUT2D eigenvalue weighted by Gasteiger charge is -2.36. The monoisotopic (exact) mass is 686 g/mol. The summed E-state index contributed by atoms with van der Waals surface area (Å²) in [4.78, 5) is 16.2. The fraction of sp³-hybridized carbons (Fsp3) is 0.562. The van der Waals surface area contributed by atoms with E-state index in [-0.39, 0.29) is 46.9 Å². The number of halogens is 7. The Morgan fingerprint density at radius 2 is 1.74 bits per heavy atom. The molecule has 1 atom stereocenters. The zero-order valence-corrected chi connectivity index (χ0v) is 26.8. The van der Waals surface area contributed by atoms with Crippen molar-refractivity contribution in [2.45, 2.75) is 76.6 Å². The van der Waals surface area contributed by atoms with Crippen molar-refractivity contribution in [3.8, 4) is 0 Å². The molecule has 0 amide bonds. The van der Waals surface area contributed by atoms with E-state index in [0.717, 1.165) is 37.8 Å². The van der Waals surface area contributed by atoms with Gasteiger partial charge in [0.25, 0.3) is 5.95 Å². The zero-order chi connectivity index (χ0) is 34.1. The standard InChI is InChI=1S/C32H37ClF6N6O2/c1-19-10-25-27(45(30-40-42-43(2)41-30)17-22-11-23(32(37,38)39)14-24(33)12-22)4-3-9-44(28(25)15-26(19)31(35,36)18-34)16-21-7-5-20(6-8-21)13-29(46)47/h10-12,14-15,20-21,27H,3-9,13,16-18H2,1-2H3,(H,46,47)/t20?,21?,27-/m0/s1. The Balaban J connectivity index is 1.56. The number of hydrogen-bond acceptors (Lipinski definition) is 6. The predicted molar refractivity (Wildman–Crippen MR) is 164 cm³/mol. The molecule has 3 aromatic rings. The third-order valence-corrected chi connectivity index (χ3v) is 9.44. The van der Waals surface area contributed by atoms with Crippen LogP contribution in [0, 0.1) is 18.8 Å². The average molecular weight is 687 g/mol. The molecule has 8 nitrogen and oxygen atoms in total. The highest BCUT2D eigenvalue weighted by Crippen LogP contribution is 2.44. The Bertz CT molecular complexity index is 1580. The van der Waals surface area contributed by atoms with Gasteiger partial charge in [-0.2, -0.15) is 26.7 Å². The zero-order valence-electron chi connectivity index (χ0n) is 26.1. The fourth-order valence-electron chi connectivity index (χ4n) is 6.98. The molecule has 1 fully saturated rings. The molecule has 1 N–H and O–H groups in total. The van der Waals surface area contributed by atoms with Crippen molar-refractivity contribution in [2.24, 2.45) is 18.9 Å². The Morgan fingerprint density at radius 3 is 2.36 bits per heavy atom. The van der Waals surface area contributed by atoms with Crippen LogP contribution in [0.1, 0.15) is 78.8 Å². The number of nitrogens with zero attached hydrogens (tertiary/aromatic N) is 6. The van der Waals surface area contributed by atoms with Gasteiger partial charge in [-0.25, -0.2) is 4.39 Å². The number of carboxylic acids is 1. The van der Waals surface area contributed by atoms with Crippen LogP contribution in [-0.2, 0) is 30.5 Å². The number of aromatic nitrogens is 4. The number of aryl methyl sites for hydroxylation is 2. The molecular formula is C32H37ClF6N6O2. The minimum absolute atomic E-state index is 0.0888. The quantitative estimate of drug-likeness (QED) is 0.217. The number of carbonyl (C=O) groups is 1. The van der Waals surface area contributed by atoms with Crippen LogP contribution in [0.4, 0.5) is 38.0 Å². The summed E-state index contributed by atoms with van der Waals surface area (Å²) < 4.78 is 84.7. The summed E-state index contributed by atoms with van der Waals surface area (Å²) in [5.74, 6) is -4.12. The molecule has 1 aliphatic heterocycles. The number of carboxylic acid groups (broad SMARTS) is 1. The van der Waals surface area contributed by atoms with E-state index in [4.69, 9.17) is 11.6 Å². The first-order valence-corrected chi connectivity index (χ1v) is 15.9. The van der Waals surface area contributed by atoms with Gasteiger partial charge in [0.05, 0.1) is 18.7 Å². The van der Waals surface area contributed by atoms with Crippen LogP contribution in [0.25, 0.3) is 0 Å². The van der Waals surface area contributed by atoms with Crippen molar-refractivity contribution in [3.63, 3.8) is 0 Å². The lowest BCUT2D eigenvalue weighted by molar-refractivity contribution is -0.139. The molecule has 256 valence electrons. The molecule has 2 aliphatic rings. The normalized spacial score (nSPS) is 20.5. The van der Waals surface area contributed by atoms with Gasteiger partial charge in [0, 0.05) is 42.3 Å². The van der Waals surface area contributed by atoms with Crippen LogP contribution in [0.3, 0.4) is 0 Å². The van der Waals surface area contributed by atoms with Gasteiger partial charge in [-0.3, -0.25) is 4.79 Å². The highest BCUT2D eigenvalue weighted by molar-refractivity contribution is 6.30. The lowest BCUT2D eigenvalue weighted by atomic mass is 9.80. The smallest absolute Gasteiger partial charge is 0.416 e. The molecule has 1 saturated carbocycles. The Morgan fingerprint density at radius 1 is 1.04 bits per heavy atom. The highest BCUT2D eigenvalue weighted by Gasteiger charge is 2.38. The SMILES string of the molecule is Cc1cc2c(cc1C(F)(F)CF)N(CC1CCC(CC(=O)O)CC1)CCC[C@@H]2N(Cc1cc(Cl)cc(C(F)(F)F)c1)c1nnn(C)n1. The summed E-state index contributed by atoms with van der Waals surface area (Å²) in [6.07, 6.45) is -0.342. The lowest BCUT2D eigenvalue weighted by Crippen LogP contribution is -2.33. The maximum absolute atomic E-state index is 14.9. The third-order valence-electron chi connectivity index (χ3n) is 9.22. The third kappa shape index (κ3) is 8.13. The predicted octanol–water partition coefficient (Wildman–Crippen LogP) is 7.88. The number of anilines is 2. The van der Waals surface area contributed by atoms with Crippen LogP contribution in [0.2, 0.25) is 5.02 Å². The van der Waals surface area contributed by atoms with E-state index in [2.05, 4.69) is 15.4 Å². The van der Waals surface area contributed by atoms with E-state index < -0.39 is 41.9 Å². The number of benzene rings is 2. The molecule has 5 rings (SSSR count). The van der Waals surface area contributed by atoms with Gasteiger partial charge in [0.15, 0.2) is 6.67 Å². The summed E-state index contributed by atoms with van der Waals surface area (Å²) >= 11 is 6.12. The first-order valence-electron chi connectivity index (χ1n) is 15.6. The summed E-state index contributed by atoms with van der Waals surface area (Å²) in [6, 6.07) is 5.69. The summed E-state index contributed by atoms with van der Waals surface area (Å²) in [5.41, 5.74) is 0.222. The number of rotatable bonds is 10. The van der Waals surface area contributed by atoms with E-state index in [1.807, 2.05) is 4.90 Å². The number of tetrazole rings is 1. The molecule has 2 heterocycles. The average Bonchev–Trinajstić information content (AvgIpc) is 3.35. The van der Waals surface area contributed by atoms with E-state index in [9.17, 15) is 36.2 Å². The van der Waals surface area contributed by atoms with Crippen LogP contribution in [-0.4, -0.2) is 51.0 Å². The van der Waals surface area contributed by atoms with Crippen molar-refractivity contribution in [2.75, 3.05) is 29.6 Å². The van der Waals surface area contributed by atoms with Crippen molar-refractivity contribution < 1.29 is 36.2 Å². The Hall–Kier alpha value is -3.55. The Labute approximate surface area is 273 Å². The molecular weight excluding hydrogens is 650 g/mol. The molecule has 1 aromatic heterocycles. The molecule has 47 heavy (non-hydrogen) atoms. The van der Waals surface area contributed by atoms with Gasteiger partial charge in [-0.05, 0) is 103 Å². The number of alkyl halides is 6. The number of fused-ring (bicyclic) bond motifs is 1. The van der Waals surface area contributed by atoms with Gasteiger partial charge in [0.2, 0.25) is 0 Å². The number of aliphatic carboxylic acids is 1. The van der Waals surface area contributed by atoms with E-state index in [1.54, 1.807) is 18.0 Å². The van der Waals surface area contributed by atoms with Gasteiger partial charge in [-0.15, -0.1) is 5.10 Å². The second kappa shape index (κ2) is 13.9. The van der Waals surface area contributed by atoms with Crippen LogP contribution in [0.5, 0.6) is 0 Å². The highest BCUT2D eigenvalue weighted by atomic mass is 35.5. The van der Waals surface area contributed by atoms with Crippen LogP contribution in [0.15, 0.2) is 30.3 Å². The van der Waals surface area contributed by atoms with E-state index >= 15 is 0 Å². The van der Waals surface area contributed by atoms with Gasteiger partial charge in [-0.1, -0.05) is 22.8 Å². The van der Waals surface area contributed by atoms with Gasteiger partial charge < -0.3 is 14.9 Å². The van der Waals surface area contributed by atoms with Crippen LogP contribution >= 0.6 is 11.6 Å². The minimum Gasteiger partial charge on any atom is -0.481 e. The van der Waals surface area contributed by atoms with Crippen molar-refractivity contribution in [3.05, 3.63) is 63.2 Å². The number of hydrogen-bond donors (Lipinski definition) is 1. The molecule has 0 saturated heterocycles.